The number of rotatable bonds is 6. The number of hydrogen-bond donors (Lipinski definition) is 1. The minimum absolute atomic E-state index is 0.556. The van der Waals surface area contributed by atoms with Crippen LogP contribution in [0.4, 0.5) is 0 Å². The maximum absolute atomic E-state index is 5.92. The quantitative estimate of drug-likeness (QED) is 0.828. The number of halogens is 2. The topological polar surface area (TPSA) is 21.3 Å². The third-order valence-corrected chi connectivity index (χ3v) is 3.89. The Labute approximate surface area is 133 Å². The second kappa shape index (κ2) is 7.67. The van der Waals surface area contributed by atoms with E-state index in [0.717, 1.165) is 23.2 Å². The predicted octanol–water partition coefficient (Wildman–Crippen LogP) is 4.44. The van der Waals surface area contributed by atoms with Crippen molar-refractivity contribution in [1.29, 1.82) is 0 Å². The Morgan fingerprint density at radius 2 is 1.90 bits per heavy atom. The van der Waals surface area contributed by atoms with Gasteiger partial charge in [-0.1, -0.05) is 35.9 Å². The Morgan fingerprint density at radius 1 is 1.15 bits per heavy atom. The van der Waals surface area contributed by atoms with Gasteiger partial charge in [-0.2, -0.15) is 0 Å². The Bertz CT molecular complexity index is 574. The van der Waals surface area contributed by atoms with Crippen molar-refractivity contribution in [2.45, 2.75) is 13.0 Å². The standard InChI is InChI=1S/C16H17BrClNO/c1-19-9-8-12-4-2-3-5-13(12)11-20-16-7-6-14(18)10-15(16)17/h2-7,10,19H,8-9,11H2,1H3. The third kappa shape index (κ3) is 4.23. The van der Waals surface area contributed by atoms with Crippen molar-refractivity contribution < 1.29 is 4.74 Å². The van der Waals surface area contributed by atoms with E-state index in [4.69, 9.17) is 16.3 Å². The van der Waals surface area contributed by atoms with Crippen molar-refractivity contribution in [1.82, 2.24) is 5.32 Å². The second-order valence-corrected chi connectivity index (χ2v) is 5.78. The fourth-order valence-corrected chi connectivity index (χ4v) is 2.75. The smallest absolute Gasteiger partial charge is 0.134 e. The monoisotopic (exact) mass is 353 g/mol. The molecule has 20 heavy (non-hydrogen) atoms. The lowest BCUT2D eigenvalue weighted by Crippen LogP contribution is -2.12. The number of likely N-dealkylation sites (N-methyl/N-ethyl adjacent to an activating group) is 1. The van der Waals surface area contributed by atoms with Gasteiger partial charge in [0.15, 0.2) is 0 Å². The van der Waals surface area contributed by atoms with Gasteiger partial charge in [-0.25, -0.2) is 0 Å². The Morgan fingerprint density at radius 3 is 2.60 bits per heavy atom. The van der Waals surface area contributed by atoms with Crippen LogP contribution in [0.2, 0.25) is 5.02 Å². The molecule has 0 saturated carbocycles. The summed E-state index contributed by atoms with van der Waals surface area (Å²) in [4.78, 5) is 0. The summed E-state index contributed by atoms with van der Waals surface area (Å²) >= 11 is 9.39. The lowest BCUT2D eigenvalue weighted by Gasteiger charge is -2.12. The highest BCUT2D eigenvalue weighted by molar-refractivity contribution is 9.10. The summed E-state index contributed by atoms with van der Waals surface area (Å²) in [5.74, 6) is 0.804. The maximum atomic E-state index is 5.92. The molecule has 0 radical (unpaired) electrons. The van der Waals surface area contributed by atoms with E-state index < -0.39 is 0 Å². The zero-order valence-corrected chi connectivity index (χ0v) is 13.7. The summed E-state index contributed by atoms with van der Waals surface area (Å²) in [6.45, 7) is 1.52. The Kier molecular flexibility index (Phi) is 5.89. The van der Waals surface area contributed by atoms with Crippen molar-refractivity contribution >= 4 is 27.5 Å². The molecule has 0 bridgehead atoms. The normalized spacial score (nSPS) is 10.6. The molecule has 0 heterocycles. The number of nitrogens with one attached hydrogen (secondary N) is 1. The first-order chi connectivity index (χ1) is 9.70. The highest BCUT2D eigenvalue weighted by atomic mass is 79.9. The summed E-state index contributed by atoms with van der Waals surface area (Å²) < 4.78 is 6.75. The molecule has 0 unspecified atom stereocenters. The molecule has 4 heteroatoms. The van der Waals surface area contributed by atoms with Crippen LogP contribution in [-0.4, -0.2) is 13.6 Å². The number of ether oxygens (including phenoxy) is 1. The molecule has 0 fully saturated rings. The molecule has 0 aromatic heterocycles. The lowest BCUT2D eigenvalue weighted by atomic mass is 10.1. The third-order valence-electron chi connectivity index (χ3n) is 3.04. The van der Waals surface area contributed by atoms with E-state index in [1.165, 1.54) is 11.1 Å². The summed E-state index contributed by atoms with van der Waals surface area (Å²) in [5.41, 5.74) is 2.52. The van der Waals surface area contributed by atoms with E-state index in [1.807, 2.05) is 31.3 Å². The molecule has 0 aliphatic heterocycles. The molecule has 0 aliphatic carbocycles. The predicted molar refractivity (Wildman–Crippen MR) is 87.6 cm³/mol. The molecule has 0 atom stereocenters. The van der Waals surface area contributed by atoms with Gasteiger partial charge in [-0.15, -0.1) is 0 Å². The van der Waals surface area contributed by atoms with Crippen molar-refractivity contribution in [2.75, 3.05) is 13.6 Å². The van der Waals surface area contributed by atoms with Gasteiger partial charge >= 0.3 is 0 Å². The highest BCUT2D eigenvalue weighted by Gasteiger charge is 2.05. The zero-order chi connectivity index (χ0) is 14.4. The molecule has 0 amide bonds. The molecule has 0 spiro atoms. The van der Waals surface area contributed by atoms with E-state index >= 15 is 0 Å². The van der Waals surface area contributed by atoms with E-state index in [1.54, 1.807) is 0 Å². The first kappa shape index (κ1) is 15.4. The number of hydrogen-bond acceptors (Lipinski definition) is 2. The van der Waals surface area contributed by atoms with Crippen LogP contribution in [0.3, 0.4) is 0 Å². The molecule has 0 aliphatic rings. The van der Waals surface area contributed by atoms with Crippen LogP contribution in [-0.2, 0) is 13.0 Å². The SMILES string of the molecule is CNCCc1ccccc1COc1ccc(Cl)cc1Br. The van der Waals surface area contributed by atoms with Crippen molar-refractivity contribution in [3.05, 3.63) is 63.1 Å². The zero-order valence-electron chi connectivity index (χ0n) is 11.3. The van der Waals surface area contributed by atoms with Gasteiger partial charge in [0.25, 0.3) is 0 Å². The number of benzene rings is 2. The molecular weight excluding hydrogens is 338 g/mol. The van der Waals surface area contributed by atoms with Crippen LogP contribution < -0.4 is 10.1 Å². The van der Waals surface area contributed by atoms with E-state index in [0.29, 0.717) is 11.6 Å². The fourth-order valence-electron chi connectivity index (χ4n) is 1.95. The summed E-state index contributed by atoms with van der Waals surface area (Å²) in [7, 11) is 1.96. The molecule has 0 saturated heterocycles. The van der Waals surface area contributed by atoms with Gasteiger partial charge in [-0.3, -0.25) is 0 Å². The van der Waals surface area contributed by atoms with Gasteiger partial charge in [0.2, 0.25) is 0 Å². The molecule has 2 aromatic rings. The van der Waals surface area contributed by atoms with Crippen LogP contribution in [0.15, 0.2) is 46.9 Å². The molecular formula is C16H17BrClNO. The van der Waals surface area contributed by atoms with Crippen LogP contribution in [0.25, 0.3) is 0 Å². The van der Waals surface area contributed by atoms with E-state index in [-0.39, 0.29) is 0 Å². The Hall–Kier alpha value is -1.03. The highest BCUT2D eigenvalue weighted by Crippen LogP contribution is 2.28. The molecule has 2 aromatic carbocycles. The van der Waals surface area contributed by atoms with Gasteiger partial charge in [-0.05, 0) is 65.3 Å². The van der Waals surface area contributed by atoms with Crippen LogP contribution in [0, 0.1) is 0 Å². The minimum atomic E-state index is 0.556. The Balaban J connectivity index is 2.06. The largest absolute Gasteiger partial charge is 0.488 e. The fraction of sp³-hybridized carbons (Fsp3) is 0.250. The molecule has 1 N–H and O–H groups in total. The minimum Gasteiger partial charge on any atom is -0.488 e. The average Bonchev–Trinajstić information content (AvgIpc) is 2.45. The van der Waals surface area contributed by atoms with Crippen LogP contribution in [0.5, 0.6) is 5.75 Å². The summed E-state index contributed by atoms with van der Waals surface area (Å²) in [6.07, 6.45) is 0.998. The maximum Gasteiger partial charge on any atom is 0.134 e. The molecule has 106 valence electrons. The lowest BCUT2D eigenvalue weighted by molar-refractivity contribution is 0.303. The van der Waals surface area contributed by atoms with Crippen molar-refractivity contribution in [3.8, 4) is 5.75 Å². The van der Waals surface area contributed by atoms with Crippen molar-refractivity contribution in [3.63, 3.8) is 0 Å². The van der Waals surface area contributed by atoms with Crippen molar-refractivity contribution in [2.24, 2.45) is 0 Å². The summed E-state index contributed by atoms with van der Waals surface area (Å²) in [6, 6.07) is 13.9. The first-order valence-corrected chi connectivity index (χ1v) is 7.67. The average molecular weight is 355 g/mol. The van der Waals surface area contributed by atoms with Gasteiger partial charge in [0, 0.05) is 5.02 Å². The van der Waals surface area contributed by atoms with Crippen LogP contribution >= 0.6 is 27.5 Å². The van der Waals surface area contributed by atoms with Gasteiger partial charge in [0.1, 0.15) is 12.4 Å². The second-order valence-electron chi connectivity index (χ2n) is 4.49. The van der Waals surface area contributed by atoms with E-state index in [9.17, 15) is 0 Å². The summed E-state index contributed by atoms with van der Waals surface area (Å²) in [5, 5.41) is 3.86. The first-order valence-electron chi connectivity index (χ1n) is 6.50. The van der Waals surface area contributed by atoms with Gasteiger partial charge < -0.3 is 10.1 Å². The molecule has 2 rings (SSSR count). The van der Waals surface area contributed by atoms with E-state index in [2.05, 4.69) is 39.4 Å². The molecule has 2 nitrogen and oxygen atoms in total. The van der Waals surface area contributed by atoms with Crippen LogP contribution in [0.1, 0.15) is 11.1 Å². The van der Waals surface area contributed by atoms with Gasteiger partial charge in [0.05, 0.1) is 4.47 Å².